The number of rotatable bonds is 2. The summed E-state index contributed by atoms with van der Waals surface area (Å²) in [4.78, 5) is 0. The van der Waals surface area contributed by atoms with E-state index in [0.717, 1.165) is 24.1 Å². The van der Waals surface area contributed by atoms with Crippen LogP contribution in [0.2, 0.25) is 0 Å². The Morgan fingerprint density at radius 2 is 2.07 bits per heavy atom. The van der Waals surface area contributed by atoms with Crippen molar-refractivity contribution in [3.8, 4) is 5.69 Å². The molecule has 76 valence electrons. The van der Waals surface area contributed by atoms with Crippen molar-refractivity contribution >= 4 is 0 Å². The van der Waals surface area contributed by atoms with Crippen molar-refractivity contribution in [1.82, 2.24) is 15.0 Å². The predicted octanol–water partition coefficient (Wildman–Crippen LogP) is 1.25. The van der Waals surface area contributed by atoms with Gasteiger partial charge in [-0.1, -0.05) is 23.4 Å². The van der Waals surface area contributed by atoms with Gasteiger partial charge < -0.3 is 5.11 Å². The lowest BCUT2D eigenvalue weighted by Crippen LogP contribution is -2.10. The fourth-order valence-corrected chi connectivity index (χ4v) is 1.79. The molecule has 0 unspecified atom stereocenters. The van der Waals surface area contributed by atoms with Crippen LogP contribution in [0.4, 0.5) is 0 Å². The van der Waals surface area contributed by atoms with Crippen molar-refractivity contribution in [2.45, 2.75) is 18.4 Å². The molecule has 3 rings (SSSR count). The Morgan fingerprint density at radius 1 is 1.27 bits per heavy atom. The van der Waals surface area contributed by atoms with Gasteiger partial charge in [0.2, 0.25) is 0 Å². The highest BCUT2D eigenvalue weighted by atomic mass is 16.3. The van der Waals surface area contributed by atoms with Crippen LogP contribution < -0.4 is 0 Å². The van der Waals surface area contributed by atoms with Crippen molar-refractivity contribution in [1.29, 1.82) is 0 Å². The van der Waals surface area contributed by atoms with E-state index in [1.807, 2.05) is 24.3 Å². The van der Waals surface area contributed by atoms with Crippen LogP contribution in [0.15, 0.2) is 36.7 Å². The van der Waals surface area contributed by atoms with Gasteiger partial charge in [0.15, 0.2) is 0 Å². The van der Waals surface area contributed by atoms with Gasteiger partial charge in [0.25, 0.3) is 0 Å². The number of hydrogen-bond acceptors (Lipinski definition) is 3. The fourth-order valence-electron chi connectivity index (χ4n) is 1.79. The fraction of sp³-hybridized carbons (Fsp3) is 0.273. The zero-order chi connectivity index (χ0) is 10.3. The second-order valence-corrected chi connectivity index (χ2v) is 3.90. The summed E-state index contributed by atoms with van der Waals surface area (Å²) in [5.41, 5.74) is 1.22. The first-order valence-electron chi connectivity index (χ1n) is 4.98. The van der Waals surface area contributed by atoms with E-state index in [9.17, 15) is 5.11 Å². The molecule has 15 heavy (non-hydrogen) atoms. The summed E-state index contributed by atoms with van der Waals surface area (Å²) in [7, 11) is 0. The maximum Gasteiger partial charge on any atom is 0.0919 e. The van der Waals surface area contributed by atoms with Gasteiger partial charge in [-0.05, 0) is 18.9 Å². The molecule has 0 amide bonds. The zero-order valence-electron chi connectivity index (χ0n) is 8.17. The largest absolute Gasteiger partial charge is 0.385 e. The van der Waals surface area contributed by atoms with Crippen LogP contribution in [0.3, 0.4) is 0 Å². The lowest BCUT2D eigenvalue weighted by molar-refractivity contribution is 0.151. The van der Waals surface area contributed by atoms with Crippen LogP contribution >= 0.6 is 0 Å². The first-order valence-corrected chi connectivity index (χ1v) is 4.98. The third-order valence-electron chi connectivity index (χ3n) is 2.80. The number of aromatic nitrogens is 3. The van der Waals surface area contributed by atoms with Gasteiger partial charge in [0.1, 0.15) is 0 Å². The molecule has 1 heterocycles. The molecule has 4 nitrogen and oxygen atoms in total. The van der Waals surface area contributed by atoms with Crippen molar-refractivity contribution in [2.24, 2.45) is 0 Å². The highest BCUT2D eigenvalue weighted by molar-refractivity contribution is 5.45. The van der Waals surface area contributed by atoms with E-state index in [2.05, 4.69) is 10.3 Å². The van der Waals surface area contributed by atoms with Gasteiger partial charge in [-0.25, -0.2) is 4.68 Å². The minimum atomic E-state index is -0.636. The summed E-state index contributed by atoms with van der Waals surface area (Å²) in [5, 5.41) is 17.8. The Morgan fingerprint density at radius 3 is 2.73 bits per heavy atom. The summed E-state index contributed by atoms with van der Waals surface area (Å²) in [6, 6.07) is 7.77. The van der Waals surface area contributed by atoms with Gasteiger partial charge >= 0.3 is 0 Å². The van der Waals surface area contributed by atoms with E-state index >= 15 is 0 Å². The van der Waals surface area contributed by atoms with Crippen LogP contribution in [0.5, 0.6) is 0 Å². The molecule has 1 saturated carbocycles. The third-order valence-corrected chi connectivity index (χ3v) is 2.80. The molecule has 1 aliphatic carbocycles. The Balaban J connectivity index is 2.15. The molecule has 1 aromatic heterocycles. The number of para-hydroxylation sites is 1. The zero-order valence-corrected chi connectivity index (χ0v) is 8.17. The summed E-state index contributed by atoms with van der Waals surface area (Å²) >= 11 is 0. The van der Waals surface area contributed by atoms with Crippen LogP contribution in [0, 0.1) is 0 Å². The molecule has 1 aromatic carbocycles. The standard InChI is InChI=1S/C11H11N3O/c15-11(5-6-11)9-3-1-2-4-10(9)14-8-7-12-13-14/h1-4,7-8,15H,5-6H2. The van der Waals surface area contributed by atoms with E-state index < -0.39 is 5.60 Å². The Labute approximate surface area is 87.2 Å². The van der Waals surface area contributed by atoms with Crippen molar-refractivity contribution in [2.75, 3.05) is 0 Å². The molecule has 0 radical (unpaired) electrons. The molecular weight excluding hydrogens is 190 g/mol. The molecule has 1 N–H and O–H groups in total. The Kier molecular flexibility index (Phi) is 1.67. The minimum absolute atomic E-state index is 0.636. The molecule has 0 bridgehead atoms. The van der Waals surface area contributed by atoms with Gasteiger partial charge in [-0.2, -0.15) is 0 Å². The molecule has 4 heteroatoms. The van der Waals surface area contributed by atoms with E-state index in [0.29, 0.717) is 0 Å². The number of benzene rings is 1. The lowest BCUT2D eigenvalue weighted by atomic mass is 10.1. The predicted molar refractivity (Wildman–Crippen MR) is 54.5 cm³/mol. The molecule has 0 spiro atoms. The number of hydrogen-bond donors (Lipinski definition) is 1. The van der Waals surface area contributed by atoms with Crippen molar-refractivity contribution < 1.29 is 5.11 Å². The highest BCUT2D eigenvalue weighted by Crippen LogP contribution is 2.47. The average Bonchev–Trinajstić information content (AvgIpc) is 2.84. The third kappa shape index (κ3) is 1.34. The number of nitrogens with zero attached hydrogens (tertiary/aromatic N) is 3. The maximum absolute atomic E-state index is 10.1. The number of aliphatic hydroxyl groups is 1. The Bertz CT molecular complexity index is 474. The first-order chi connectivity index (χ1) is 7.30. The molecule has 1 aliphatic rings. The average molecular weight is 201 g/mol. The summed E-state index contributed by atoms with van der Waals surface area (Å²) < 4.78 is 1.69. The van der Waals surface area contributed by atoms with E-state index in [1.165, 1.54) is 0 Å². The van der Waals surface area contributed by atoms with Crippen molar-refractivity contribution in [3.05, 3.63) is 42.2 Å². The summed E-state index contributed by atoms with van der Waals surface area (Å²) in [5.74, 6) is 0. The monoisotopic (exact) mass is 201 g/mol. The van der Waals surface area contributed by atoms with E-state index in [1.54, 1.807) is 17.1 Å². The SMILES string of the molecule is OC1(c2ccccc2-n2ccnn2)CC1. The van der Waals surface area contributed by atoms with E-state index in [-0.39, 0.29) is 0 Å². The molecular formula is C11H11N3O. The highest BCUT2D eigenvalue weighted by Gasteiger charge is 2.43. The smallest absolute Gasteiger partial charge is 0.0919 e. The first kappa shape index (κ1) is 8.61. The van der Waals surface area contributed by atoms with Crippen LogP contribution in [0.1, 0.15) is 18.4 Å². The summed E-state index contributed by atoms with van der Waals surface area (Å²) in [6.07, 6.45) is 5.08. The van der Waals surface area contributed by atoms with Crippen LogP contribution in [-0.4, -0.2) is 20.1 Å². The minimum Gasteiger partial charge on any atom is -0.385 e. The molecule has 2 aromatic rings. The topological polar surface area (TPSA) is 50.9 Å². The molecule has 0 saturated heterocycles. The Hall–Kier alpha value is -1.68. The van der Waals surface area contributed by atoms with Gasteiger partial charge in [-0.15, -0.1) is 5.10 Å². The maximum atomic E-state index is 10.1. The lowest BCUT2D eigenvalue weighted by Gasteiger charge is -2.13. The molecule has 1 fully saturated rings. The second kappa shape index (κ2) is 2.90. The molecule has 0 atom stereocenters. The van der Waals surface area contributed by atoms with Crippen LogP contribution in [0.25, 0.3) is 5.69 Å². The van der Waals surface area contributed by atoms with Crippen LogP contribution in [-0.2, 0) is 5.60 Å². The molecule has 0 aliphatic heterocycles. The quantitative estimate of drug-likeness (QED) is 0.795. The second-order valence-electron chi connectivity index (χ2n) is 3.90. The summed E-state index contributed by atoms with van der Waals surface area (Å²) in [6.45, 7) is 0. The van der Waals surface area contributed by atoms with E-state index in [4.69, 9.17) is 0 Å². The van der Waals surface area contributed by atoms with Gasteiger partial charge in [0, 0.05) is 5.56 Å². The van der Waals surface area contributed by atoms with Crippen molar-refractivity contribution in [3.63, 3.8) is 0 Å². The van der Waals surface area contributed by atoms with Gasteiger partial charge in [-0.3, -0.25) is 0 Å². The van der Waals surface area contributed by atoms with Gasteiger partial charge in [0.05, 0.1) is 23.7 Å². The normalized spacial score (nSPS) is 17.7.